The van der Waals surface area contributed by atoms with Crippen LogP contribution in [0.3, 0.4) is 0 Å². The second-order valence-corrected chi connectivity index (χ2v) is 11.4. The van der Waals surface area contributed by atoms with Gasteiger partial charge in [-0.2, -0.15) is 12.2 Å². The summed E-state index contributed by atoms with van der Waals surface area (Å²) in [5.41, 5.74) is -0.122. The van der Waals surface area contributed by atoms with Crippen LogP contribution in [0.4, 0.5) is 0 Å². The molecule has 2 aliphatic rings. The van der Waals surface area contributed by atoms with Gasteiger partial charge in [0.15, 0.2) is 0 Å². The first-order valence-corrected chi connectivity index (χ1v) is 12.0. The van der Waals surface area contributed by atoms with E-state index in [2.05, 4.69) is 61.2 Å². The molecule has 0 amide bonds. The minimum absolute atomic E-state index is 0. The summed E-state index contributed by atoms with van der Waals surface area (Å²) < 4.78 is 0. The normalized spacial score (nSPS) is 12.3. The maximum Gasteiger partial charge on any atom is -0.109 e. The van der Waals surface area contributed by atoms with Crippen molar-refractivity contribution < 1.29 is 23.3 Å². The predicted molar refractivity (Wildman–Crippen MR) is 95.3 cm³/mol. The Balaban J connectivity index is 0. The van der Waals surface area contributed by atoms with E-state index in [0.717, 1.165) is 12.8 Å². The Bertz CT molecular complexity index is 449. The van der Waals surface area contributed by atoms with Crippen molar-refractivity contribution in [2.24, 2.45) is 0 Å². The van der Waals surface area contributed by atoms with Crippen LogP contribution in [0.2, 0.25) is 6.55 Å². The van der Waals surface area contributed by atoms with Gasteiger partial charge < -0.3 is 0 Å². The van der Waals surface area contributed by atoms with Gasteiger partial charge in [0.1, 0.15) is 0 Å². The van der Waals surface area contributed by atoms with Crippen LogP contribution in [0.5, 0.6) is 0 Å². The molecule has 0 aromatic heterocycles. The molecule has 2 aliphatic carbocycles. The van der Waals surface area contributed by atoms with Crippen molar-refractivity contribution in [3.8, 4) is 0 Å². The minimum Gasteiger partial charge on any atom is -0.273 e. The van der Waals surface area contributed by atoms with Gasteiger partial charge in [0.05, 0.1) is 0 Å². The molecule has 110 valence electrons. The van der Waals surface area contributed by atoms with Crippen LogP contribution in [-0.2, 0) is 23.3 Å². The Morgan fingerprint density at radius 1 is 0.905 bits per heavy atom. The molecule has 3 rings (SSSR count). The molecule has 4 heteroatoms. The van der Waals surface area contributed by atoms with Crippen LogP contribution < -0.4 is 5.19 Å². The fourth-order valence-corrected chi connectivity index (χ4v) is 3.29. The molecule has 0 spiro atoms. The number of rotatable bonds is 1. The molecule has 0 bridgehead atoms. The molecule has 0 heterocycles. The molecule has 21 heavy (non-hydrogen) atoms. The summed E-state index contributed by atoms with van der Waals surface area (Å²) in [7, 11) is 0. The fourth-order valence-electron chi connectivity index (χ4n) is 1.37. The van der Waals surface area contributed by atoms with Crippen LogP contribution in [0.25, 0.3) is 0 Å². The molecule has 1 aromatic rings. The van der Waals surface area contributed by atoms with Gasteiger partial charge in [-0.1, -0.05) is 0 Å². The van der Waals surface area contributed by atoms with Crippen molar-refractivity contribution in [3.05, 3.63) is 78.9 Å². The SMILES string of the molecule is C[Si](=[Zr+2])c1ccccc1.Cl.Cl.[C-]1=CC=CC1.[C-]1=CC=CC1. The molecule has 0 unspecified atom stereocenters. The summed E-state index contributed by atoms with van der Waals surface area (Å²) in [6.45, 7) is 2.35. The molecular formula is C17H20Cl2SiZr. The predicted octanol–water partition coefficient (Wildman–Crippen LogP) is 4.52. The number of allylic oxidation sites excluding steroid dienone is 8. The van der Waals surface area contributed by atoms with E-state index >= 15 is 0 Å². The van der Waals surface area contributed by atoms with Crippen molar-refractivity contribution in [1.29, 1.82) is 0 Å². The third kappa shape index (κ3) is 13.3. The first kappa shape index (κ1) is 23.1. The van der Waals surface area contributed by atoms with E-state index in [1.54, 1.807) is 28.5 Å². The van der Waals surface area contributed by atoms with Crippen LogP contribution in [-0.4, -0.2) is 5.43 Å². The molecule has 0 saturated carbocycles. The third-order valence-corrected chi connectivity index (χ3v) is 5.71. The third-order valence-electron chi connectivity index (χ3n) is 2.38. The minimum atomic E-state index is -0.122. The second kappa shape index (κ2) is 16.2. The fraction of sp³-hybridized carbons (Fsp3) is 0.176. The Labute approximate surface area is 156 Å². The van der Waals surface area contributed by atoms with Gasteiger partial charge in [-0.25, -0.2) is 24.3 Å². The van der Waals surface area contributed by atoms with Crippen molar-refractivity contribution in [3.63, 3.8) is 0 Å². The smallest absolute Gasteiger partial charge is 0.109 e. The standard InChI is InChI=1S/C7H8Si.2C5H5.2ClH.Zr/c1-8-7-5-3-2-4-6-7;2*1-2-4-5-3-1;;;/h2-6H,1H3;2*1-3H,4H2;2*1H;/q;2*-1;;;+2. The van der Waals surface area contributed by atoms with Crippen LogP contribution in [0.1, 0.15) is 12.8 Å². The summed E-state index contributed by atoms with van der Waals surface area (Å²) in [5.74, 6) is 0. The zero-order valence-corrected chi connectivity index (χ0v) is 17.2. The Kier molecular flexibility index (Phi) is 17.9. The zero-order chi connectivity index (χ0) is 13.8. The Morgan fingerprint density at radius 2 is 1.38 bits per heavy atom. The largest absolute Gasteiger partial charge is 0.273 e. The molecule has 0 N–H and O–H groups in total. The van der Waals surface area contributed by atoms with Crippen LogP contribution >= 0.6 is 24.8 Å². The van der Waals surface area contributed by atoms with E-state index in [4.69, 9.17) is 0 Å². The van der Waals surface area contributed by atoms with Crippen LogP contribution in [0.15, 0.2) is 66.8 Å². The summed E-state index contributed by atoms with van der Waals surface area (Å²) in [5, 5.41) is 1.56. The summed E-state index contributed by atoms with van der Waals surface area (Å²) >= 11 is 1.69. The van der Waals surface area contributed by atoms with Crippen molar-refractivity contribution in [2.75, 3.05) is 0 Å². The van der Waals surface area contributed by atoms with E-state index in [1.807, 2.05) is 24.3 Å². The number of benzene rings is 1. The first-order valence-electron chi connectivity index (χ1n) is 6.34. The second-order valence-electron chi connectivity index (χ2n) is 4.00. The van der Waals surface area contributed by atoms with E-state index in [-0.39, 0.29) is 30.2 Å². The van der Waals surface area contributed by atoms with E-state index in [0.29, 0.717) is 0 Å². The van der Waals surface area contributed by atoms with E-state index in [9.17, 15) is 0 Å². The number of hydrogen-bond acceptors (Lipinski definition) is 0. The Hall–Kier alpha value is -0.140. The van der Waals surface area contributed by atoms with Gasteiger partial charge in [-0.3, -0.25) is 12.2 Å². The van der Waals surface area contributed by atoms with Crippen molar-refractivity contribution in [1.82, 2.24) is 0 Å². The average Bonchev–Trinajstić information content (AvgIpc) is 3.18. The molecule has 0 fully saturated rings. The monoisotopic (exact) mass is 412 g/mol. The zero-order valence-electron chi connectivity index (χ0n) is 12.1. The van der Waals surface area contributed by atoms with E-state index < -0.39 is 0 Å². The van der Waals surface area contributed by atoms with Gasteiger partial charge in [0.2, 0.25) is 0 Å². The van der Waals surface area contributed by atoms with Crippen molar-refractivity contribution in [2.45, 2.75) is 19.4 Å². The maximum atomic E-state index is 2.99. The van der Waals surface area contributed by atoms with Gasteiger partial charge in [0.25, 0.3) is 0 Å². The molecule has 0 saturated heterocycles. The quantitative estimate of drug-likeness (QED) is 0.468. The summed E-state index contributed by atoms with van der Waals surface area (Å²) in [4.78, 5) is 0. The molecular weight excluding hydrogens is 394 g/mol. The van der Waals surface area contributed by atoms with Gasteiger partial charge in [-0.15, -0.1) is 37.7 Å². The summed E-state index contributed by atoms with van der Waals surface area (Å²) in [6, 6.07) is 10.8. The Morgan fingerprint density at radius 3 is 1.57 bits per heavy atom. The molecule has 0 radical (unpaired) electrons. The average molecular weight is 415 g/mol. The van der Waals surface area contributed by atoms with E-state index in [1.165, 1.54) is 0 Å². The van der Waals surface area contributed by atoms with Gasteiger partial charge in [0, 0.05) is 0 Å². The van der Waals surface area contributed by atoms with Gasteiger partial charge >= 0.3 is 70.8 Å². The maximum absolute atomic E-state index is 2.99. The topological polar surface area (TPSA) is 0 Å². The van der Waals surface area contributed by atoms with Crippen LogP contribution in [0, 0.1) is 12.2 Å². The molecule has 0 aliphatic heterocycles. The summed E-state index contributed by atoms with van der Waals surface area (Å²) in [6.07, 6.45) is 20.0. The van der Waals surface area contributed by atoms with Gasteiger partial charge in [-0.05, 0) is 0 Å². The molecule has 0 atom stereocenters. The number of halogens is 2. The molecule has 0 nitrogen and oxygen atoms in total. The molecule has 1 aromatic carbocycles. The number of hydrogen-bond donors (Lipinski definition) is 0. The van der Waals surface area contributed by atoms with Crippen molar-refractivity contribution >= 4 is 35.4 Å². The first-order chi connectivity index (χ1) is 9.30.